The predicted octanol–water partition coefficient (Wildman–Crippen LogP) is 2.24. The van der Waals surface area contributed by atoms with Crippen LogP contribution in [0.5, 0.6) is 0 Å². The number of pyridine rings is 1. The van der Waals surface area contributed by atoms with Crippen molar-refractivity contribution in [3.8, 4) is 0 Å². The summed E-state index contributed by atoms with van der Waals surface area (Å²) >= 11 is 0. The van der Waals surface area contributed by atoms with Crippen LogP contribution in [-0.2, 0) is 4.74 Å². The number of morpholine rings is 1. The van der Waals surface area contributed by atoms with E-state index in [4.69, 9.17) is 4.74 Å². The van der Waals surface area contributed by atoms with Gasteiger partial charge in [0.15, 0.2) is 0 Å². The molecule has 1 aromatic heterocycles. The van der Waals surface area contributed by atoms with Crippen LogP contribution in [0.15, 0.2) is 48.7 Å². The van der Waals surface area contributed by atoms with Crippen LogP contribution in [0.4, 0.5) is 22.7 Å². The number of carbonyl (C=O) groups is 1. The van der Waals surface area contributed by atoms with E-state index in [1.54, 1.807) is 0 Å². The third kappa shape index (κ3) is 3.82. The number of fused-ring (bicyclic) bond motifs is 1. The highest BCUT2D eigenvalue weighted by Gasteiger charge is 2.18. The number of nitrogens with one attached hydrogen (secondary N) is 1. The van der Waals surface area contributed by atoms with E-state index in [2.05, 4.69) is 15.2 Å². The molecular formula is C22H23N4O3-. The van der Waals surface area contributed by atoms with Gasteiger partial charge in [0.1, 0.15) is 0 Å². The minimum atomic E-state index is -1.26. The Morgan fingerprint density at radius 2 is 1.86 bits per heavy atom. The highest BCUT2D eigenvalue weighted by atomic mass is 16.5. The molecule has 2 aromatic carbocycles. The summed E-state index contributed by atoms with van der Waals surface area (Å²) in [5.74, 6) is -1.26. The first-order valence-corrected chi connectivity index (χ1v) is 9.55. The van der Waals surface area contributed by atoms with Gasteiger partial charge in [0.2, 0.25) is 0 Å². The van der Waals surface area contributed by atoms with Crippen LogP contribution < -0.4 is 20.2 Å². The average Bonchev–Trinajstić information content (AvgIpc) is 2.74. The van der Waals surface area contributed by atoms with Gasteiger partial charge in [-0.25, -0.2) is 0 Å². The maximum absolute atomic E-state index is 11.8. The van der Waals surface area contributed by atoms with Crippen molar-refractivity contribution in [3.05, 3.63) is 54.2 Å². The first-order chi connectivity index (χ1) is 14.0. The molecule has 3 aromatic rings. The van der Waals surface area contributed by atoms with Crippen molar-refractivity contribution >= 4 is 39.6 Å². The minimum Gasteiger partial charge on any atom is -0.545 e. The maximum Gasteiger partial charge on any atom is 0.0956 e. The van der Waals surface area contributed by atoms with Gasteiger partial charge in [0.25, 0.3) is 0 Å². The Hall–Kier alpha value is -3.32. The fourth-order valence-electron chi connectivity index (χ4n) is 3.54. The van der Waals surface area contributed by atoms with Gasteiger partial charge in [0.05, 0.1) is 36.1 Å². The standard InChI is InChI=1S/C22H24N4O3/c1-25(2)16-8-6-15(7-9-16)24-20-17-4-3-5-19(26-10-12-29-13-11-26)21(17)23-14-18(20)22(27)28/h3-9,14H,10-13H2,1-2H3,(H,23,24)(H,27,28)/p-1. The minimum absolute atomic E-state index is 0.0355. The molecule has 150 valence electrons. The molecule has 0 aliphatic carbocycles. The fourth-order valence-corrected chi connectivity index (χ4v) is 3.54. The highest BCUT2D eigenvalue weighted by Crippen LogP contribution is 2.34. The SMILES string of the molecule is CN(C)c1ccc(Nc2c(C(=O)[O-])cnc3c(N4CCOCC4)cccc23)cc1. The molecule has 0 saturated carbocycles. The van der Waals surface area contributed by atoms with Gasteiger partial charge < -0.3 is 29.8 Å². The number of rotatable bonds is 5. The molecule has 1 aliphatic rings. The number of ether oxygens (including phenoxy) is 1. The summed E-state index contributed by atoms with van der Waals surface area (Å²) in [5.41, 5.74) is 4.11. The molecule has 0 unspecified atom stereocenters. The first-order valence-electron chi connectivity index (χ1n) is 9.55. The third-order valence-corrected chi connectivity index (χ3v) is 5.10. The Kier molecular flexibility index (Phi) is 5.22. The highest BCUT2D eigenvalue weighted by molar-refractivity contribution is 6.07. The summed E-state index contributed by atoms with van der Waals surface area (Å²) in [6.07, 6.45) is 1.37. The first kappa shape index (κ1) is 19.0. The number of carboxylic acids is 1. The number of para-hydroxylation sites is 1. The monoisotopic (exact) mass is 391 g/mol. The van der Waals surface area contributed by atoms with Crippen LogP contribution in [0.2, 0.25) is 0 Å². The third-order valence-electron chi connectivity index (χ3n) is 5.10. The number of hydrogen-bond donors (Lipinski definition) is 1. The Morgan fingerprint density at radius 1 is 1.14 bits per heavy atom. The van der Waals surface area contributed by atoms with Gasteiger partial charge >= 0.3 is 0 Å². The second-order valence-electron chi connectivity index (χ2n) is 7.17. The van der Waals surface area contributed by atoms with Crippen LogP contribution in [0, 0.1) is 0 Å². The lowest BCUT2D eigenvalue weighted by Gasteiger charge is -2.30. The molecule has 2 heterocycles. The second-order valence-corrected chi connectivity index (χ2v) is 7.17. The van der Waals surface area contributed by atoms with Crippen LogP contribution in [0.25, 0.3) is 10.9 Å². The van der Waals surface area contributed by atoms with E-state index in [9.17, 15) is 9.90 Å². The molecule has 4 rings (SSSR count). The van der Waals surface area contributed by atoms with Crippen molar-refractivity contribution in [2.75, 3.05) is 55.5 Å². The molecule has 0 atom stereocenters. The molecule has 0 amide bonds. The smallest absolute Gasteiger partial charge is 0.0956 e. The zero-order chi connectivity index (χ0) is 20.4. The van der Waals surface area contributed by atoms with E-state index in [0.717, 1.165) is 41.1 Å². The summed E-state index contributed by atoms with van der Waals surface area (Å²) in [6.45, 7) is 2.88. The van der Waals surface area contributed by atoms with Crippen molar-refractivity contribution in [2.24, 2.45) is 0 Å². The zero-order valence-corrected chi connectivity index (χ0v) is 16.5. The topological polar surface area (TPSA) is 80.8 Å². The summed E-state index contributed by atoms with van der Waals surface area (Å²) in [7, 11) is 3.94. The van der Waals surface area contributed by atoms with Crippen LogP contribution in [0.1, 0.15) is 10.4 Å². The van der Waals surface area contributed by atoms with Gasteiger partial charge in [-0.1, -0.05) is 12.1 Å². The van der Waals surface area contributed by atoms with Crippen molar-refractivity contribution in [2.45, 2.75) is 0 Å². The summed E-state index contributed by atoms with van der Waals surface area (Å²) < 4.78 is 5.45. The normalized spacial score (nSPS) is 14.1. The molecule has 1 fully saturated rings. The Labute approximate surface area is 169 Å². The number of aromatic nitrogens is 1. The Bertz CT molecular complexity index is 1030. The molecule has 1 N–H and O–H groups in total. The Morgan fingerprint density at radius 3 is 2.52 bits per heavy atom. The van der Waals surface area contributed by atoms with Gasteiger partial charge in [-0.3, -0.25) is 4.98 Å². The summed E-state index contributed by atoms with van der Waals surface area (Å²) in [4.78, 5) is 20.5. The molecule has 7 nitrogen and oxygen atoms in total. The Balaban J connectivity index is 1.79. The molecule has 0 radical (unpaired) electrons. The molecule has 29 heavy (non-hydrogen) atoms. The van der Waals surface area contributed by atoms with Gasteiger partial charge in [0, 0.05) is 55.7 Å². The van der Waals surface area contributed by atoms with Gasteiger partial charge in [-0.05, 0) is 30.3 Å². The number of nitrogens with zero attached hydrogens (tertiary/aromatic N) is 3. The molecular weight excluding hydrogens is 368 g/mol. The molecule has 7 heteroatoms. The number of aromatic carboxylic acids is 1. The number of anilines is 4. The largest absolute Gasteiger partial charge is 0.545 e. The van der Waals surface area contributed by atoms with Crippen LogP contribution in [-0.4, -0.2) is 51.4 Å². The number of hydrogen-bond acceptors (Lipinski definition) is 7. The maximum atomic E-state index is 11.8. The van der Waals surface area contributed by atoms with E-state index in [0.29, 0.717) is 18.9 Å². The zero-order valence-electron chi connectivity index (χ0n) is 16.5. The lowest BCUT2D eigenvalue weighted by atomic mass is 10.1. The molecule has 1 aliphatic heterocycles. The lowest BCUT2D eigenvalue weighted by molar-refractivity contribution is -0.254. The second kappa shape index (κ2) is 7.97. The molecule has 1 saturated heterocycles. The van der Waals surface area contributed by atoms with Crippen molar-refractivity contribution < 1.29 is 14.6 Å². The molecule has 0 spiro atoms. The van der Waals surface area contributed by atoms with Crippen molar-refractivity contribution in [1.29, 1.82) is 0 Å². The van der Waals surface area contributed by atoms with E-state index in [1.807, 2.05) is 61.5 Å². The molecule has 0 bridgehead atoms. The van der Waals surface area contributed by atoms with E-state index in [1.165, 1.54) is 6.20 Å². The van der Waals surface area contributed by atoms with E-state index >= 15 is 0 Å². The van der Waals surface area contributed by atoms with Crippen LogP contribution >= 0.6 is 0 Å². The van der Waals surface area contributed by atoms with E-state index in [-0.39, 0.29) is 5.56 Å². The van der Waals surface area contributed by atoms with Crippen LogP contribution in [0.3, 0.4) is 0 Å². The fraction of sp³-hybridized carbons (Fsp3) is 0.273. The van der Waals surface area contributed by atoms with E-state index < -0.39 is 5.97 Å². The van der Waals surface area contributed by atoms with Gasteiger partial charge in [-0.15, -0.1) is 0 Å². The summed E-state index contributed by atoms with van der Waals surface area (Å²) in [5, 5.41) is 15.8. The summed E-state index contributed by atoms with van der Waals surface area (Å²) in [6, 6.07) is 13.6. The quantitative estimate of drug-likeness (QED) is 0.714. The number of benzene rings is 2. The number of carbonyl (C=O) groups excluding carboxylic acids is 1. The van der Waals surface area contributed by atoms with Crippen molar-refractivity contribution in [3.63, 3.8) is 0 Å². The van der Waals surface area contributed by atoms with Gasteiger partial charge in [-0.2, -0.15) is 0 Å². The predicted molar refractivity (Wildman–Crippen MR) is 113 cm³/mol. The number of carboxylic acid groups (broad SMARTS) is 1. The average molecular weight is 391 g/mol. The van der Waals surface area contributed by atoms with Crippen molar-refractivity contribution in [1.82, 2.24) is 4.98 Å². The lowest BCUT2D eigenvalue weighted by Crippen LogP contribution is -2.36.